The number of fused-ring (bicyclic) bond motifs is 4. The summed E-state index contributed by atoms with van der Waals surface area (Å²) < 4.78 is 10.9. The predicted octanol–water partition coefficient (Wildman–Crippen LogP) is 5.76. The Morgan fingerprint density at radius 2 is 1.18 bits per heavy atom. The third-order valence-electron chi connectivity index (χ3n) is 9.68. The first-order valence-corrected chi connectivity index (χ1v) is 15.3. The number of aromatic hydroxyl groups is 1. The first-order valence-electron chi connectivity index (χ1n) is 14.6. The topological polar surface area (TPSA) is 113 Å². The predicted molar refractivity (Wildman–Crippen MR) is 167 cm³/mol. The number of ether oxygens (including phenoxy) is 2. The summed E-state index contributed by atoms with van der Waals surface area (Å²) in [7, 11) is 2.83. The van der Waals surface area contributed by atoms with Gasteiger partial charge >= 0.3 is 0 Å². The van der Waals surface area contributed by atoms with Gasteiger partial charge in [0.25, 0.3) is 0 Å². The van der Waals surface area contributed by atoms with Crippen LogP contribution in [0.4, 0.5) is 11.4 Å². The van der Waals surface area contributed by atoms with Gasteiger partial charge in [0, 0.05) is 16.0 Å². The summed E-state index contributed by atoms with van der Waals surface area (Å²) in [4.78, 5) is 58.7. The Morgan fingerprint density at radius 3 is 1.69 bits per heavy atom. The first kappa shape index (κ1) is 29.4. The fourth-order valence-corrected chi connectivity index (χ4v) is 8.00. The number of allylic oxidation sites excluding steroid dienone is 2. The van der Waals surface area contributed by atoms with Crippen LogP contribution >= 0.6 is 23.2 Å². The Kier molecular flexibility index (Phi) is 7.13. The van der Waals surface area contributed by atoms with Gasteiger partial charge < -0.3 is 14.6 Å². The minimum atomic E-state index is -0.800. The highest BCUT2D eigenvalue weighted by Gasteiger charge is 2.62. The van der Waals surface area contributed by atoms with Crippen molar-refractivity contribution in [3.8, 4) is 17.2 Å². The molecule has 4 amide bonds. The maximum absolute atomic E-state index is 14.3. The molecule has 9 nitrogen and oxygen atoms in total. The van der Waals surface area contributed by atoms with Gasteiger partial charge in [-0.3, -0.25) is 29.0 Å². The second-order valence-electron chi connectivity index (χ2n) is 11.8. The van der Waals surface area contributed by atoms with Crippen molar-refractivity contribution in [2.75, 3.05) is 24.0 Å². The molecule has 0 aromatic heterocycles. The van der Waals surface area contributed by atoms with Gasteiger partial charge in [-0.25, -0.2) is 0 Å². The van der Waals surface area contributed by atoms with E-state index >= 15 is 0 Å². The Hall–Kier alpha value is -4.34. The molecule has 2 aliphatic heterocycles. The van der Waals surface area contributed by atoms with Crippen LogP contribution in [0.3, 0.4) is 0 Å². The quantitative estimate of drug-likeness (QED) is 0.277. The molecule has 4 aliphatic rings. The minimum Gasteiger partial charge on any atom is -0.502 e. The smallest absolute Gasteiger partial charge is 0.238 e. The fourth-order valence-electron chi connectivity index (χ4n) is 7.75. The number of halogens is 2. The van der Waals surface area contributed by atoms with Gasteiger partial charge in [-0.1, -0.05) is 34.9 Å². The van der Waals surface area contributed by atoms with Gasteiger partial charge in [0.15, 0.2) is 11.5 Å². The molecule has 230 valence electrons. The van der Waals surface area contributed by atoms with E-state index in [0.29, 0.717) is 33.4 Å². The number of methoxy groups -OCH3 is 2. The van der Waals surface area contributed by atoms with Crippen LogP contribution < -0.4 is 19.3 Å². The number of phenols is 1. The van der Waals surface area contributed by atoms with Crippen LogP contribution in [0.1, 0.15) is 24.3 Å². The van der Waals surface area contributed by atoms with Crippen LogP contribution in [0, 0.1) is 29.6 Å². The monoisotopic (exact) mass is 646 g/mol. The summed E-state index contributed by atoms with van der Waals surface area (Å²) in [6.45, 7) is 0. The highest BCUT2D eigenvalue weighted by Crippen LogP contribution is 2.59. The summed E-state index contributed by atoms with van der Waals surface area (Å²) in [6.07, 6.45) is 2.48. The molecule has 7 rings (SSSR count). The van der Waals surface area contributed by atoms with Crippen LogP contribution in [0.15, 0.2) is 72.3 Å². The summed E-state index contributed by atoms with van der Waals surface area (Å²) in [5.74, 6) is -5.33. The van der Waals surface area contributed by atoms with Crippen molar-refractivity contribution >= 4 is 58.2 Å². The summed E-state index contributed by atoms with van der Waals surface area (Å²) >= 11 is 12.2. The molecule has 11 heteroatoms. The molecule has 6 atom stereocenters. The average Bonchev–Trinajstić information content (AvgIpc) is 3.44. The van der Waals surface area contributed by atoms with Crippen LogP contribution in [0.2, 0.25) is 10.0 Å². The largest absolute Gasteiger partial charge is 0.502 e. The number of nitrogens with zero attached hydrogens (tertiary/aromatic N) is 2. The zero-order chi connectivity index (χ0) is 31.7. The number of anilines is 2. The molecule has 1 N–H and O–H groups in total. The minimum absolute atomic E-state index is 0.143. The van der Waals surface area contributed by atoms with Crippen LogP contribution in [-0.4, -0.2) is 43.0 Å². The molecule has 2 saturated heterocycles. The standard InChI is InChI=1S/C34H28Cl2N2O7/c1-44-25-13-16(14-26(45-2)30(25)39)27-21-11-12-22-28(33(42)37(31(22)40)19-7-3-17(35)4-8-19)23(21)15-24-29(27)34(43)38(32(24)41)20-9-5-18(36)6-10-20/h3-11,13-14,22-24,27-29,39H,12,15H2,1-2H3. The molecule has 45 heavy (non-hydrogen) atoms. The number of carbonyl (C=O) groups excluding carboxylic acids is 4. The summed E-state index contributed by atoms with van der Waals surface area (Å²) in [6, 6.07) is 16.3. The number of carbonyl (C=O) groups is 4. The Balaban J connectivity index is 1.36. The van der Waals surface area contributed by atoms with E-state index in [1.165, 1.54) is 24.0 Å². The van der Waals surface area contributed by atoms with Crippen LogP contribution in [-0.2, 0) is 19.2 Å². The Morgan fingerprint density at radius 1 is 0.689 bits per heavy atom. The fraction of sp³-hybridized carbons (Fsp3) is 0.294. The number of amides is 4. The molecule has 0 radical (unpaired) electrons. The van der Waals surface area contributed by atoms with Gasteiger partial charge in [-0.15, -0.1) is 0 Å². The number of imide groups is 2. The van der Waals surface area contributed by atoms with Crippen molar-refractivity contribution in [2.45, 2.75) is 18.8 Å². The van der Waals surface area contributed by atoms with E-state index in [2.05, 4.69) is 0 Å². The maximum Gasteiger partial charge on any atom is 0.238 e. The number of rotatable bonds is 5. The normalized spacial score (nSPS) is 27.2. The second-order valence-corrected chi connectivity index (χ2v) is 12.6. The number of phenolic OH excluding ortho intramolecular Hbond substituents is 1. The Bertz CT molecular complexity index is 1760. The molecule has 3 aromatic rings. The summed E-state index contributed by atoms with van der Waals surface area (Å²) in [5, 5.41) is 11.6. The molecule has 2 heterocycles. The third-order valence-corrected chi connectivity index (χ3v) is 10.2. The SMILES string of the molecule is COc1cc(C2C3=CCC4C(=O)N(c5ccc(Cl)cc5)C(=O)C4C3CC3C(=O)N(c4ccc(Cl)cc4)C(=O)C32)cc(OC)c1O. The molecule has 2 aliphatic carbocycles. The van der Waals surface area contributed by atoms with E-state index in [-0.39, 0.29) is 47.3 Å². The van der Waals surface area contributed by atoms with Crippen molar-refractivity contribution in [1.82, 2.24) is 0 Å². The summed E-state index contributed by atoms with van der Waals surface area (Å²) in [5.41, 5.74) is 2.24. The first-order chi connectivity index (χ1) is 21.6. The van der Waals surface area contributed by atoms with Gasteiger partial charge in [-0.2, -0.15) is 0 Å². The van der Waals surface area contributed by atoms with Crippen molar-refractivity contribution in [1.29, 1.82) is 0 Å². The van der Waals surface area contributed by atoms with Crippen LogP contribution in [0.5, 0.6) is 17.2 Å². The molecule has 0 spiro atoms. The van der Waals surface area contributed by atoms with Crippen molar-refractivity contribution in [2.24, 2.45) is 29.6 Å². The van der Waals surface area contributed by atoms with E-state index in [1.54, 1.807) is 60.7 Å². The molecule has 3 aromatic carbocycles. The molecular formula is C34H28Cl2N2O7. The van der Waals surface area contributed by atoms with Crippen molar-refractivity contribution < 1.29 is 33.8 Å². The molecule has 1 saturated carbocycles. The molecular weight excluding hydrogens is 619 g/mol. The van der Waals surface area contributed by atoms with Gasteiger partial charge in [-0.05, 0) is 85.0 Å². The van der Waals surface area contributed by atoms with Crippen molar-refractivity contribution in [3.05, 3.63) is 87.9 Å². The van der Waals surface area contributed by atoms with Crippen LogP contribution in [0.25, 0.3) is 0 Å². The van der Waals surface area contributed by atoms with Gasteiger partial charge in [0.1, 0.15) is 0 Å². The zero-order valence-corrected chi connectivity index (χ0v) is 25.8. The zero-order valence-electron chi connectivity index (χ0n) is 24.3. The lowest BCUT2D eigenvalue weighted by atomic mass is 9.57. The van der Waals surface area contributed by atoms with E-state index in [4.69, 9.17) is 32.7 Å². The van der Waals surface area contributed by atoms with E-state index in [0.717, 1.165) is 5.57 Å². The van der Waals surface area contributed by atoms with Gasteiger partial charge in [0.05, 0.1) is 49.3 Å². The number of hydrogen-bond acceptors (Lipinski definition) is 7. The number of hydrogen-bond donors (Lipinski definition) is 1. The van der Waals surface area contributed by atoms with Crippen molar-refractivity contribution in [3.63, 3.8) is 0 Å². The lowest BCUT2D eigenvalue weighted by Crippen LogP contribution is -2.43. The van der Waals surface area contributed by atoms with E-state index in [9.17, 15) is 24.3 Å². The van der Waals surface area contributed by atoms with E-state index in [1.807, 2.05) is 6.08 Å². The van der Waals surface area contributed by atoms with Gasteiger partial charge in [0.2, 0.25) is 29.4 Å². The molecule has 3 fully saturated rings. The maximum atomic E-state index is 14.3. The third kappa shape index (κ3) is 4.43. The highest BCUT2D eigenvalue weighted by molar-refractivity contribution is 6.31. The lowest BCUT2D eigenvalue weighted by Gasteiger charge is -2.44. The number of benzene rings is 3. The Labute approximate surface area is 268 Å². The van der Waals surface area contributed by atoms with E-state index < -0.39 is 35.5 Å². The molecule has 0 bridgehead atoms. The lowest BCUT2D eigenvalue weighted by molar-refractivity contribution is -0.126. The average molecular weight is 648 g/mol. The molecule has 6 unspecified atom stereocenters. The second kappa shape index (κ2) is 10.9. The highest BCUT2D eigenvalue weighted by atomic mass is 35.5.